The molecule has 0 saturated carbocycles. The van der Waals surface area contributed by atoms with Crippen molar-refractivity contribution < 1.29 is 27.4 Å². The van der Waals surface area contributed by atoms with Gasteiger partial charge in [0.2, 0.25) is 0 Å². The maximum Gasteiger partial charge on any atom is 0.408 e. The molecule has 6 nitrogen and oxygen atoms in total. The minimum absolute atomic E-state index is 0.0925. The van der Waals surface area contributed by atoms with Gasteiger partial charge in [-0.05, 0) is 67.8 Å². The molecule has 0 spiro atoms. The minimum Gasteiger partial charge on any atom is -0.444 e. The molecule has 192 valence electrons. The van der Waals surface area contributed by atoms with E-state index in [0.29, 0.717) is 16.7 Å². The van der Waals surface area contributed by atoms with Gasteiger partial charge >= 0.3 is 6.09 Å². The lowest BCUT2D eigenvalue weighted by Gasteiger charge is -2.28. The SMILES string of the molecule is CC(C)(C)OC(=O)N[C@H](c1ccc(Cl)c(Cl)c1)[C@@H](O)c1ccc(-c2cccc(S(C)(=O)=O)c2)cc1F. The van der Waals surface area contributed by atoms with Crippen LogP contribution in [0.25, 0.3) is 11.1 Å². The van der Waals surface area contributed by atoms with Crippen LogP contribution in [-0.2, 0) is 14.6 Å². The standard InChI is InChI=1S/C26H26Cl2FNO5S/c1-26(2,3)35-25(32)30-23(17-9-11-20(27)21(28)13-17)24(31)19-10-8-16(14-22(19)29)15-6-5-7-18(12-15)36(4,33)34/h5-14,23-24,31H,1-4H3,(H,30,32)/t23-,24+/m1/s1. The van der Waals surface area contributed by atoms with E-state index < -0.39 is 39.5 Å². The molecule has 0 bridgehead atoms. The van der Waals surface area contributed by atoms with Crippen LogP contribution in [0.3, 0.4) is 0 Å². The predicted octanol–water partition coefficient (Wildman–Crippen LogP) is 6.50. The van der Waals surface area contributed by atoms with Crippen molar-refractivity contribution in [1.29, 1.82) is 0 Å². The molecular weight excluding hydrogens is 528 g/mol. The van der Waals surface area contributed by atoms with Gasteiger partial charge in [0.05, 0.1) is 21.0 Å². The van der Waals surface area contributed by atoms with Gasteiger partial charge in [-0.1, -0.05) is 53.5 Å². The summed E-state index contributed by atoms with van der Waals surface area (Å²) in [4.78, 5) is 12.6. The highest BCUT2D eigenvalue weighted by Gasteiger charge is 2.29. The fraction of sp³-hybridized carbons (Fsp3) is 0.269. The lowest BCUT2D eigenvalue weighted by atomic mass is 9.93. The van der Waals surface area contributed by atoms with Gasteiger partial charge in [0.15, 0.2) is 9.84 Å². The number of nitrogens with one attached hydrogen (secondary N) is 1. The average molecular weight is 554 g/mol. The van der Waals surface area contributed by atoms with Crippen LogP contribution in [0.1, 0.15) is 44.0 Å². The summed E-state index contributed by atoms with van der Waals surface area (Å²) in [6.07, 6.45) is -1.24. The molecule has 0 fully saturated rings. The normalized spacial score (nSPS) is 13.7. The number of halogens is 3. The molecule has 2 N–H and O–H groups in total. The molecule has 36 heavy (non-hydrogen) atoms. The summed E-state index contributed by atoms with van der Waals surface area (Å²) < 4.78 is 44.4. The Bertz CT molecular complexity index is 1390. The maximum absolute atomic E-state index is 15.3. The van der Waals surface area contributed by atoms with Gasteiger partial charge in [0.1, 0.15) is 17.5 Å². The number of alkyl carbamates (subject to hydrolysis) is 1. The second kappa shape index (κ2) is 10.8. The molecule has 0 aliphatic heterocycles. The molecule has 3 rings (SSSR count). The Morgan fingerprint density at radius 2 is 1.67 bits per heavy atom. The van der Waals surface area contributed by atoms with Gasteiger partial charge in [0, 0.05) is 11.8 Å². The van der Waals surface area contributed by atoms with E-state index in [2.05, 4.69) is 5.32 Å². The van der Waals surface area contributed by atoms with Gasteiger partial charge in [-0.3, -0.25) is 0 Å². The Morgan fingerprint density at radius 3 is 2.25 bits per heavy atom. The lowest BCUT2D eigenvalue weighted by molar-refractivity contribution is 0.0415. The highest BCUT2D eigenvalue weighted by Crippen LogP contribution is 2.35. The smallest absolute Gasteiger partial charge is 0.408 e. The minimum atomic E-state index is -3.44. The number of aliphatic hydroxyl groups excluding tert-OH is 1. The zero-order valence-corrected chi connectivity index (χ0v) is 22.4. The monoisotopic (exact) mass is 553 g/mol. The van der Waals surface area contributed by atoms with Crippen LogP contribution in [0.15, 0.2) is 65.6 Å². The molecule has 0 unspecified atom stereocenters. The Labute approximate surface area is 219 Å². The van der Waals surface area contributed by atoms with E-state index in [-0.39, 0.29) is 20.5 Å². The van der Waals surface area contributed by atoms with E-state index in [9.17, 15) is 18.3 Å². The van der Waals surface area contributed by atoms with E-state index in [4.69, 9.17) is 27.9 Å². The van der Waals surface area contributed by atoms with Crippen molar-refractivity contribution in [2.45, 2.75) is 43.4 Å². The molecule has 0 radical (unpaired) electrons. The van der Waals surface area contributed by atoms with Crippen molar-refractivity contribution in [2.75, 3.05) is 6.26 Å². The van der Waals surface area contributed by atoms with E-state index >= 15 is 4.39 Å². The second-order valence-corrected chi connectivity index (χ2v) is 12.1. The number of carbonyl (C=O) groups excluding carboxylic acids is 1. The van der Waals surface area contributed by atoms with Crippen LogP contribution in [-0.4, -0.2) is 31.5 Å². The molecule has 2 atom stereocenters. The van der Waals surface area contributed by atoms with Crippen LogP contribution in [0.5, 0.6) is 0 Å². The van der Waals surface area contributed by atoms with Gasteiger partial charge in [0.25, 0.3) is 0 Å². The first-order chi connectivity index (χ1) is 16.7. The Morgan fingerprint density at radius 1 is 1.00 bits per heavy atom. The van der Waals surface area contributed by atoms with Crippen molar-refractivity contribution in [1.82, 2.24) is 5.32 Å². The summed E-state index contributed by atoms with van der Waals surface area (Å²) in [5, 5.41) is 14.2. The quantitative estimate of drug-likeness (QED) is 0.363. The summed E-state index contributed by atoms with van der Waals surface area (Å²) >= 11 is 12.2. The number of aliphatic hydroxyl groups is 1. The first-order valence-corrected chi connectivity index (χ1v) is 13.5. The van der Waals surface area contributed by atoms with Crippen molar-refractivity contribution in [3.8, 4) is 11.1 Å². The van der Waals surface area contributed by atoms with E-state index in [1.807, 2.05) is 0 Å². The van der Waals surface area contributed by atoms with Crippen LogP contribution in [0, 0.1) is 5.82 Å². The topological polar surface area (TPSA) is 92.7 Å². The molecule has 1 amide bonds. The second-order valence-electron chi connectivity index (χ2n) is 9.28. The maximum atomic E-state index is 15.3. The van der Waals surface area contributed by atoms with Gasteiger partial charge < -0.3 is 15.2 Å². The third-order valence-corrected chi connectivity index (χ3v) is 7.05. The largest absolute Gasteiger partial charge is 0.444 e. The number of rotatable bonds is 6. The summed E-state index contributed by atoms with van der Waals surface area (Å²) in [7, 11) is -3.44. The van der Waals surface area contributed by atoms with E-state index in [1.165, 1.54) is 36.4 Å². The van der Waals surface area contributed by atoms with E-state index in [0.717, 1.165) is 6.26 Å². The molecule has 0 heterocycles. The molecule has 10 heteroatoms. The lowest BCUT2D eigenvalue weighted by Crippen LogP contribution is -2.37. The molecule has 3 aromatic carbocycles. The summed E-state index contributed by atoms with van der Waals surface area (Å²) in [6.45, 7) is 5.07. The highest BCUT2D eigenvalue weighted by molar-refractivity contribution is 7.90. The van der Waals surface area contributed by atoms with Crippen LogP contribution >= 0.6 is 23.2 Å². The number of carbonyl (C=O) groups is 1. The summed E-state index contributed by atoms with van der Waals surface area (Å²) in [5.41, 5.74) is 0.396. The fourth-order valence-electron chi connectivity index (χ4n) is 3.52. The summed E-state index contributed by atoms with van der Waals surface area (Å²) in [5.74, 6) is -0.749. The molecule has 0 saturated heterocycles. The number of ether oxygens (including phenoxy) is 1. The van der Waals surface area contributed by atoms with Crippen molar-refractivity contribution in [3.63, 3.8) is 0 Å². The number of hydrogen-bond donors (Lipinski definition) is 2. The number of hydrogen-bond acceptors (Lipinski definition) is 5. The number of benzene rings is 3. The Balaban J connectivity index is 1.99. The Kier molecular flexibility index (Phi) is 8.35. The van der Waals surface area contributed by atoms with Crippen molar-refractivity contribution in [3.05, 3.63) is 87.7 Å². The van der Waals surface area contributed by atoms with Gasteiger partial charge in [-0.2, -0.15) is 0 Å². The predicted molar refractivity (Wildman–Crippen MR) is 138 cm³/mol. The molecule has 0 aliphatic carbocycles. The highest BCUT2D eigenvalue weighted by atomic mass is 35.5. The van der Waals surface area contributed by atoms with Crippen LogP contribution in [0.4, 0.5) is 9.18 Å². The van der Waals surface area contributed by atoms with Gasteiger partial charge in [-0.15, -0.1) is 0 Å². The zero-order chi connectivity index (χ0) is 26.8. The van der Waals surface area contributed by atoms with Gasteiger partial charge in [-0.25, -0.2) is 17.6 Å². The molecule has 3 aromatic rings. The van der Waals surface area contributed by atoms with Crippen LogP contribution < -0.4 is 5.32 Å². The molecular formula is C26H26Cl2FNO5S. The molecule has 0 aromatic heterocycles. The van der Waals surface area contributed by atoms with Crippen molar-refractivity contribution >= 4 is 39.1 Å². The molecule has 0 aliphatic rings. The third kappa shape index (κ3) is 6.97. The third-order valence-electron chi connectivity index (χ3n) is 5.21. The fourth-order valence-corrected chi connectivity index (χ4v) is 4.49. The number of sulfone groups is 1. The average Bonchev–Trinajstić information content (AvgIpc) is 2.77. The van der Waals surface area contributed by atoms with Crippen LogP contribution in [0.2, 0.25) is 10.0 Å². The summed E-state index contributed by atoms with van der Waals surface area (Å²) in [6, 6.07) is 13.7. The van der Waals surface area contributed by atoms with Crippen molar-refractivity contribution in [2.24, 2.45) is 0 Å². The number of amides is 1. The Hall–Kier alpha value is -2.65. The van der Waals surface area contributed by atoms with E-state index in [1.54, 1.807) is 45.0 Å². The first kappa shape index (κ1) is 27.9. The first-order valence-electron chi connectivity index (χ1n) is 10.9. The zero-order valence-electron chi connectivity index (χ0n) is 20.1.